The highest BCUT2D eigenvalue weighted by atomic mass is 15.1. The lowest BCUT2D eigenvalue weighted by Gasteiger charge is -2.28. The van der Waals surface area contributed by atoms with E-state index in [-0.39, 0.29) is 0 Å². The summed E-state index contributed by atoms with van der Waals surface area (Å²) in [5.41, 5.74) is 4.52. The van der Waals surface area contributed by atoms with Crippen molar-refractivity contribution in [1.29, 1.82) is 0 Å². The van der Waals surface area contributed by atoms with E-state index in [0.717, 1.165) is 11.8 Å². The first-order chi connectivity index (χ1) is 8.27. The van der Waals surface area contributed by atoms with E-state index in [9.17, 15) is 0 Å². The molecule has 0 amide bonds. The second kappa shape index (κ2) is 4.34. The number of benzene rings is 1. The quantitative estimate of drug-likeness (QED) is 0.797. The molecule has 1 aromatic carbocycles. The number of nitrogens with zero attached hydrogens (tertiary/aromatic N) is 1. The second-order valence-corrected chi connectivity index (χ2v) is 5.59. The molecule has 1 aromatic rings. The summed E-state index contributed by atoms with van der Waals surface area (Å²) >= 11 is 0. The molecular weight excluding hydrogens is 208 g/mol. The minimum atomic E-state index is 0.761. The molecule has 1 saturated heterocycles. The van der Waals surface area contributed by atoms with Crippen LogP contribution in [0.3, 0.4) is 0 Å². The SMILES string of the molecule is Cc1cccc2c1N(C)CC2C1CCNCC1. The third-order valence-corrected chi connectivity index (χ3v) is 4.47. The van der Waals surface area contributed by atoms with Crippen molar-refractivity contribution >= 4 is 5.69 Å². The number of hydrogen-bond donors (Lipinski definition) is 1. The summed E-state index contributed by atoms with van der Waals surface area (Å²) < 4.78 is 0. The van der Waals surface area contributed by atoms with E-state index in [1.807, 2.05) is 0 Å². The van der Waals surface area contributed by atoms with Crippen LogP contribution >= 0.6 is 0 Å². The van der Waals surface area contributed by atoms with Crippen LogP contribution in [0.2, 0.25) is 0 Å². The van der Waals surface area contributed by atoms with Gasteiger partial charge in [0.25, 0.3) is 0 Å². The van der Waals surface area contributed by atoms with Crippen LogP contribution in [0.15, 0.2) is 18.2 Å². The molecule has 0 saturated carbocycles. The number of hydrogen-bond acceptors (Lipinski definition) is 2. The molecule has 17 heavy (non-hydrogen) atoms. The average molecular weight is 230 g/mol. The molecule has 0 spiro atoms. The highest BCUT2D eigenvalue weighted by Crippen LogP contribution is 2.43. The molecule has 2 aliphatic heterocycles. The minimum absolute atomic E-state index is 0.761. The summed E-state index contributed by atoms with van der Waals surface area (Å²) in [6.45, 7) is 5.85. The first-order valence-electron chi connectivity index (χ1n) is 6.78. The maximum absolute atomic E-state index is 3.47. The molecule has 2 aliphatic rings. The fourth-order valence-electron chi connectivity index (χ4n) is 3.64. The van der Waals surface area contributed by atoms with E-state index < -0.39 is 0 Å². The number of para-hydroxylation sites is 1. The van der Waals surface area contributed by atoms with Gasteiger partial charge in [-0.05, 0) is 49.9 Å². The number of anilines is 1. The van der Waals surface area contributed by atoms with E-state index >= 15 is 0 Å². The van der Waals surface area contributed by atoms with Gasteiger partial charge in [-0.2, -0.15) is 0 Å². The lowest BCUT2D eigenvalue weighted by molar-refractivity contribution is 0.327. The molecule has 0 aromatic heterocycles. The molecule has 1 N–H and O–H groups in total. The van der Waals surface area contributed by atoms with E-state index in [1.165, 1.54) is 43.7 Å². The Morgan fingerprint density at radius 3 is 2.76 bits per heavy atom. The maximum Gasteiger partial charge on any atom is 0.0429 e. The van der Waals surface area contributed by atoms with Crippen LogP contribution in [0.5, 0.6) is 0 Å². The zero-order valence-electron chi connectivity index (χ0n) is 10.9. The molecule has 0 bridgehead atoms. The Morgan fingerprint density at radius 1 is 1.24 bits per heavy atom. The summed E-state index contributed by atoms with van der Waals surface area (Å²) in [6.07, 6.45) is 2.68. The van der Waals surface area contributed by atoms with Crippen molar-refractivity contribution < 1.29 is 0 Å². The summed E-state index contributed by atoms with van der Waals surface area (Å²) in [4.78, 5) is 2.46. The molecule has 0 radical (unpaired) electrons. The van der Waals surface area contributed by atoms with Crippen molar-refractivity contribution in [2.24, 2.45) is 5.92 Å². The van der Waals surface area contributed by atoms with Crippen LogP contribution in [0.25, 0.3) is 0 Å². The Balaban J connectivity index is 1.92. The Kier molecular flexibility index (Phi) is 2.83. The van der Waals surface area contributed by atoms with Crippen molar-refractivity contribution in [2.75, 3.05) is 31.6 Å². The Morgan fingerprint density at radius 2 is 2.00 bits per heavy atom. The van der Waals surface area contributed by atoms with E-state index in [0.29, 0.717) is 0 Å². The van der Waals surface area contributed by atoms with Gasteiger partial charge in [0, 0.05) is 25.2 Å². The number of fused-ring (bicyclic) bond motifs is 1. The third kappa shape index (κ3) is 1.85. The van der Waals surface area contributed by atoms with Gasteiger partial charge in [-0.3, -0.25) is 0 Å². The summed E-state index contributed by atoms with van der Waals surface area (Å²) in [5.74, 6) is 1.64. The zero-order chi connectivity index (χ0) is 11.8. The van der Waals surface area contributed by atoms with Gasteiger partial charge >= 0.3 is 0 Å². The first kappa shape index (κ1) is 11.1. The van der Waals surface area contributed by atoms with Crippen LogP contribution in [0.4, 0.5) is 5.69 Å². The average Bonchev–Trinajstić information content (AvgIpc) is 2.69. The highest BCUT2D eigenvalue weighted by Gasteiger charge is 2.33. The van der Waals surface area contributed by atoms with Gasteiger partial charge in [-0.25, -0.2) is 0 Å². The van der Waals surface area contributed by atoms with E-state index in [4.69, 9.17) is 0 Å². The molecule has 1 unspecified atom stereocenters. The monoisotopic (exact) mass is 230 g/mol. The van der Waals surface area contributed by atoms with Crippen LogP contribution in [-0.2, 0) is 0 Å². The second-order valence-electron chi connectivity index (χ2n) is 5.59. The molecular formula is C15H22N2. The van der Waals surface area contributed by atoms with Gasteiger partial charge in [0.05, 0.1) is 0 Å². The van der Waals surface area contributed by atoms with Gasteiger partial charge in [0.1, 0.15) is 0 Å². The zero-order valence-corrected chi connectivity index (χ0v) is 10.9. The molecule has 92 valence electrons. The standard InChI is InChI=1S/C15H22N2/c1-11-4-3-5-13-14(10-17(2)15(11)13)12-6-8-16-9-7-12/h3-5,12,14,16H,6-10H2,1-2H3. The molecule has 1 atom stereocenters. The van der Waals surface area contributed by atoms with Gasteiger partial charge in [0.15, 0.2) is 0 Å². The molecule has 2 nitrogen and oxygen atoms in total. The summed E-state index contributed by atoms with van der Waals surface area (Å²) in [5, 5.41) is 3.47. The van der Waals surface area contributed by atoms with Crippen molar-refractivity contribution in [3.63, 3.8) is 0 Å². The maximum atomic E-state index is 3.47. The third-order valence-electron chi connectivity index (χ3n) is 4.47. The van der Waals surface area contributed by atoms with Crippen LogP contribution in [-0.4, -0.2) is 26.7 Å². The molecule has 2 heterocycles. The first-order valence-corrected chi connectivity index (χ1v) is 6.78. The minimum Gasteiger partial charge on any atom is -0.374 e. The topological polar surface area (TPSA) is 15.3 Å². The Labute approximate surface area is 104 Å². The summed E-state index contributed by atoms with van der Waals surface area (Å²) in [7, 11) is 2.24. The number of piperidine rings is 1. The number of aryl methyl sites for hydroxylation is 1. The molecule has 1 fully saturated rings. The van der Waals surface area contributed by atoms with Gasteiger partial charge in [0.2, 0.25) is 0 Å². The number of likely N-dealkylation sites (N-methyl/N-ethyl adjacent to an activating group) is 1. The van der Waals surface area contributed by atoms with Crippen LogP contribution in [0.1, 0.15) is 29.9 Å². The number of rotatable bonds is 1. The lowest BCUT2D eigenvalue weighted by Crippen LogP contribution is -2.32. The van der Waals surface area contributed by atoms with E-state index in [2.05, 4.69) is 42.4 Å². The predicted molar refractivity (Wildman–Crippen MR) is 72.8 cm³/mol. The smallest absolute Gasteiger partial charge is 0.0429 e. The van der Waals surface area contributed by atoms with Crippen molar-refractivity contribution in [3.8, 4) is 0 Å². The van der Waals surface area contributed by atoms with Gasteiger partial charge in [-0.1, -0.05) is 18.2 Å². The fraction of sp³-hybridized carbons (Fsp3) is 0.600. The highest BCUT2D eigenvalue weighted by molar-refractivity contribution is 5.64. The van der Waals surface area contributed by atoms with Gasteiger partial charge < -0.3 is 10.2 Å². The van der Waals surface area contributed by atoms with Crippen LogP contribution in [0, 0.1) is 12.8 Å². The van der Waals surface area contributed by atoms with Gasteiger partial charge in [-0.15, -0.1) is 0 Å². The normalized spacial score (nSPS) is 25.1. The van der Waals surface area contributed by atoms with Crippen molar-refractivity contribution in [3.05, 3.63) is 29.3 Å². The summed E-state index contributed by atoms with van der Waals surface area (Å²) in [6, 6.07) is 6.81. The number of nitrogens with one attached hydrogen (secondary N) is 1. The van der Waals surface area contributed by atoms with E-state index in [1.54, 1.807) is 5.56 Å². The largest absolute Gasteiger partial charge is 0.374 e. The lowest BCUT2D eigenvalue weighted by atomic mass is 9.81. The van der Waals surface area contributed by atoms with Crippen molar-refractivity contribution in [2.45, 2.75) is 25.7 Å². The fourth-order valence-corrected chi connectivity index (χ4v) is 3.64. The Hall–Kier alpha value is -1.02. The predicted octanol–water partition coefficient (Wildman–Crippen LogP) is 2.53. The molecule has 0 aliphatic carbocycles. The molecule has 2 heteroatoms. The van der Waals surface area contributed by atoms with Crippen molar-refractivity contribution in [1.82, 2.24) is 5.32 Å². The van der Waals surface area contributed by atoms with Crippen LogP contribution < -0.4 is 10.2 Å². The Bertz CT molecular complexity index is 407. The molecule has 3 rings (SSSR count).